The lowest BCUT2D eigenvalue weighted by Gasteiger charge is -2.12. The molecule has 0 aliphatic rings. The van der Waals surface area contributed by atoms with Gasteiger partial charge >= 0.3 is 6.18 Å². The second kappa shape index (κ2) is 9.96. The summed E-state index contributed by atoms with van der Waals surface area (Å²) in [4.78, 5) is 17.1. The zero-order chi connectivity index (χ0) is 24.1. The molecule has 0 unspecified atom stereocenters. The van der Waals surface area contributed by atoms with Crippen LogP contribution < -0.4 is 15.8 Å². The van der Waals surface area contributed by atoms with Gasteiger partial charge in [-0.25, -0.2) is 4.98 Å². The Morgan fingerprint density at radius 2 is 1.71 bits per heavy atom. The van der Waals surface area contributed by atoms with Crippen LogP contribution in [0.3, 0.4) is 0 Å². The molecule has 0 fully saturated rings. The molecule has 9 heteroatoms. The number of nitrogens with two attached hydrogens (primary N) is 1. The minimum atomic E-state index is -4.42. The maximum absolute atomic E-state index is 12.9. The second-order valence-corrected chi connectivity index (χ2v) is 8.26. The van der Waals surface area contributed by atoms with Crippen LogP contribution in [0.1, 0.15) is 21.6 Å². The number of benzene rings is 3. The third-order valence-corrected chi connectivity index (χ3v) is 5.73. The molecule has 1 aromatic heterocycles. The minimum Gasteiger partial charge on any atom is -0.493 e. The van der Waals surface area contributed by atoms with Gasteiger partial charge in [-0.15, -0.1) is 11.3 Å². The summed E-state index contributed by atoms with van der Waals surface area (Å²) in [6.45, 7) is 0.440. The lowest BCUT2D eigenvalue weighted by Crippen LogP contribution is -2.13. The molecule has 0 aliphatic heterocycles. The summed E-state index contributed by atoms with van der Waals surface area (Å²) in [5.74, 6) is 0.275. The Hall–Kier alpha value is -3.85. The number of alkyl halides is 3. The number of carbonyl (C=O) groups is 1. The Balaban J connectivity index is 1.41. The van der Waals surface area contributed by atoms with Gasteiger partial charge in [-0.1, -0.05) is 30.3 Å². The fourth-order valence-electron chi connectivity index (χ4n) is 3.32. The average Bonchev–Trinajstić information content (AvgIpc) is 3.24. The molecule has 0 atom stereocenters. The van der Waals surface area contributed by atoms with E-state index in [9.17, 15) is 18.0 Å². The van der Waals surface area contributed by atoms with Crippen LogP contribution in [0.4, 0.5) is 24.0 Å². The second-order valence-electron chi connectivity index (χ2n) is 7.37. The van der Waals surface area contributed by atoms with E-state index in [1.54, 1.807) is 48.5 Å². The van der Waals surface area contributed by atoms with Crippen LogP contribution in [-0.4, -0.2) is 17.5 Å². The highest BCUT2D eigenvalue weighted by Gasteiger charge is 2.30. The predicted molar refractivity (Wildman–Crippen MR) is 127 cm³/mol. The smallest absolute Gasteiger partial charge is 0.416 e. The fraction of sp³-hybridized carbons (Fsp3) is 0.120. The van der Waals surface area contributed by atoms with Crippen LogP contribution in [0.15, 0.2) is 78.2 Å². The van der Waals surface area contributed by atoms with Crippen LogP contribution >= 0.6 is 11.3 Å². The third kappa shape index (κ3) is 5.74. The zero-order valence-electron chi connectivity index (χ0n) is 17.8. The van der Waals surface area contributed by atoms with Crippen LogP contribution in [0.2, 0.25) is 0 Å². The molecule has 0 spiro atoms. The van der Waals surface area contributed by atoms with Gasteiger partial charge in [0.25, 0.3) is 5.91 Å². The molecule has 3 aromatic carbocycles. The van der Waals surface area contributed by atoms with Crippen LogP contribution in [0.25, 0.3) is 11.1 Å². The Labute approximate surface area is 198 Å². The van der Waals surface area contributed by atoms with Gasteiger partial charge in [-0.05, 0) is 53.6 Å². The van der Waals surface area contributed by atoms with Gasteiger partial charge in [0, 0.05) is 23.1 Å². The summed E-state index contributed by atoms with van der Waals surface area (Å²) in [6, 6.07) is 18.4. The van der Waals surface area contributed by atoms with Gasteiger partial charge in [-0.3, -0.25) is 4.79 Å². The molecule has 0 radical (unpaired) electrons. The highest BCUT2D eigenvalue weighted by Crippen LogP contribution is 2.32. The van der Waals surface area contributed by atoms with Crippen molar-refractivity contribution >= 4 is 28.1 Å². The maximum Gasteiger partial charge on any atom is 0.416 e. The van der Waals surface area contributed by atoms with E-state index in [4.69, 9.17) is 10.5 Å². The van der Waals surface area contributed by atoms with Crippen molar-refractivity contribution in [3.63, 3.8) is 0 Å². The standard InChI is InChI=1S/C25H20F3N3O2S/c26-25(27,28)17-7-5-16(6-8-17)21-3-1-2-4-22(21)23(32)30-18-9-11-20(12-10-18)33-14-13-19-15-34-24(29)31-19/h1-12,15H,13-14H2,(H2,29,31)(H,30,32). The molecular weight excluding hydrogens is 463 g/mol. The molecule has 0 aliphatic carbocycles. The lowest BCUT2D eigenvalue weighted by molar-refractivity contribution is -0.137. The van der Waals surface area contributed by atoms with E-state index in [2.05, 4.69) is 10.3 Å². The molecule has 174 valence electrons. The van der Waals surface area contributed by atoms with E-state index < -0.39 is 11.7 Å². The van der Waals surface area contributed by atoms with Gasteiger partial charge < -0.3 is 15.8 Å². The van der Waals surface area contributed by atoms with Crippen LogP contribution in [-0.2, 0) is 12.6 Å². The van der Waals surface area contributed by atoms with Gasteiger partial charge in [0.15, 0.2) is 5.13 Å². The number of ether oxygens (including phenoxy) is 1. The third-order valence-electron chi connectivity index (χ3n) is 5.00. The van der Waals surface area contributed by atoms with Gasteiger partial charge in [-0.2, -0.15) is 13.2 Å². The summed E-state index contributed by atoms with van der Waals surface area (Å²) in [5.41, 5.74) is 7.72. The van der Waals surface area contributed by atoms with Crippen molar-refractivity contribution in [3.8, 4) is 16.9 Å². The molecule has 3 N–H and O–H groups in total. The van der Waals surface area contributed by atoms with E-state index in [1.807, 2.05) is 5.38 Å². The number of carbonyl (C=O) groups excluding carboxylic acids is 1. The van der Waals surface area contributed by atoms with Gasteiger partial charge in [0.05, 0.1) is 17.9 Å². The number of halogens is 3. The predicted octanol–water partition coefficient (Wildman–Crippen LogP) is 6.28. The number of nitrogens with zero attached hydrogens (tertiary/aromatic N) is 1. The van der Waals surface area contributed by atoms with Crippen molar-refractivity contribution in [3.05, 3.63) is 95.0 Å². The molecular formula is C25H20F3N3O2S. The number of rotatable bonds is 7. The summed E-state index contributed by atoms with van der Waals surface area (Å²) in [7, 11) is 0. The maximum atomic E-state index is 12.9. The first-order valence-corrected chi connectivity index (χ1v) is 11.2. The first-order chi connectivity index (χ1) is 16.3. The number of anilines is 2. The van der Waals surface area contributed by atoms with E-state index >= 15 is 0 Å². The van der Waals surface area contributed by atoms with Crippen LogP contribution in [0.5, 0.6) is 5.75 Å². The highest BCUT2D eigenvalue weighted by atomic mass is 32.1. The topological polar surface area (TPSA) is 77.2 Å². The molecule has 0 bridgehead atoms. The van der Waals surface area contributed by atoms with Gasteiger partial charge in [0.1, 0.15) is 5.75 Å². The molecule has 34 heavy (non-hydrogen) atoms. The Morgan fingerprint density at radius 3 is 2.35 bits per heavy atom. The zero-order valence-corrected chi connectivity index (χ0v) is 18.6. The quantitative estimate of drug-likeness (QED) is 0.324. The van der Waals surface area contributed by atoms with Crippen molar-refractivity contribution in [1.82, 2.24) is 4.98 Å². The largest absolute Gasteiger partial charge is 0.493 e. The Morgan fingerprint density at radius 1 is 1.00 bits per heavy atom. The number of aromatic nitrogens is 1. The molecule has 4 rings (SSSR count). The Kier molecular flexibility index (Phi) is 6.83. The molecule has 0 saturated carbocycles. The summed E-state index contributed by atoms with van der Waals surface area (Å²) in [5, 5.41) is 5.23. The van der Waals surface area contributed by atoms with Gasteiger partial charge in [0.2, 0.25) is 0 Å². The molecule has 1 heterocycles. The fourth-order valence-corrected chi connectivity index (χ4v) is 3.91. The molecule has 4 aromatic rings. The van der Waals surface area contributed by atoms with E-state index in [0.29, 0.717) is 46.3 Å². The molecule has 0 saturated heterocycles. The van der Waals surface area contributed by atoms with Crippen molar-refractivity contribution < 1.29 is 22.7 Å². The van der Waals surface area contributed by atoms with Crippen molar-refractivity contribution in [2.75, 3.05) is 17.7 Å². The van der Waals surface area contributed by atoms with E-state index in [-0.39, 0.29) is 5.91 Å². The average molecular weight is 484 g/mol. The first kappa shape index (κ1) is 23.3. The molecule has 1 amide bonds. The van der Waals surface area contributed by atoms with Crippen molar-refractivity contribution in [2.24, 2.45) is 0 Å². The first-order valence-electron chi connectivity index (χ1n) is 10.3. The number of amides is 1. The normalized spacial score (nSPS) is 11.3. The van der Waals surface area contributed by atoms with E-state index in [0.717, 1.165) is 17.8 Å². The number of nitrogen functional groups attached to an aromatic ring is 1. The highest BCUT2D eigenvalue weighted by molar-refractivity contribution is 7.13. The lowest BCUT2D eigenvalue weighted by atomic mass is 9.98. The van der Waals surface area contributed by atoms with Crippen LogP contribution in [0, 0.1) is 0 Å². The number of hydrogen-bond donors (Lipinski definition) is 2. The monoisotopic (exact) mass is 483 g/mol. The number of hydrogen-bond acceptors (Lipinski definition) is 5. The minimum absolute atomic E-state index is 0.352. The van der Waals surface area contributed by atoms with Crippen molar-refractivity contribution in [2.45, 2.75) is 12.6 Å². The SMILES string of the molecule is Nc1nc(CCOc2ccc(NC(=O)c3ccccc3-c3ccc(C(F)(F)F)cc3)cc2)cs1. The van der Waals surface area contributed by atoms with Crippen molar-refractivity contribution in [1.29, 1.82) is 0 Å². The Bertz CT molecular complexity index is 1270. The summed E-state index contributed by atoms with van der Waals surface area (Å²) >= 11 is 1.38. The number of thiazole rings is 1. The summed E-state index contributed by atoms with van der Waals surface area (Å²) < 4.78 is 44.3. The molecule has 5 nitrogen and oxygen atoms in total. The van der Waals surface area contributed by atoms with E-state index in [1.165, 1.54) is 23.5 Å². The number of nitrogens with one attached hydrogen (secondary N) is 1. The summed E-state index contributed by atoms with van der Waals surface area (Å²) in [6.07, 6.45) is -3.78.